The van der Waals surface area contributed by atoms with Gasteiger partial charge in [-0.15, -0.1) is 0 Å². The molecule has 1 aromatic carbocycles. The van der Waals surface area contributed by atoms with Gasteiger partial charge in [0.05, 0.1) is 0 Å². The van der Waals surface area contributed by atoms with Gasteiger partial charge in [-0.3, -0.25) is 4.98 Å². The maximum absolute atomic E-state index is 6.31. The van der Waals surface area contributed by atoms with Gasteiger partial charge in [-0.1, -0.05) is 36.7 Å². The van der Waals surface area contributed by atoms with E-state index in [0.717, 1.165) is 35.8 Å². The first-order valence-electron chi connectivity index (χ1n) is 7.52. The second kappa shape index (κ2) is 7.58. The van der Waals surface area contributed by atoms with Gasteiger partial charge in [0, 0.05) is 22.5 Å². The standard InChI is InChI=1S/C18H23ClN2/c1-4-9-20-18(12-15-7-5-6-8-17(15)19)16-10-13(2)21-14(3)11-16/h5-8,10-11,18,20H,4,9,12H2,1-3H3. The molecule has 2 aromatic rings. The highest BCUT2D eigenvalue weighted by Crippen LogP contribution is 2.24. The number of pyridine rings is 1. The van der Waals surface area contributed by atoms with Gasteiger partial charge >= 0.3 is 0 Å². The molecule has 21 heavy (non-hydrogen) atoms. The van der Waals surface area contributed by atoms with Crippen LogP contribution < -0.4 is 5.32 Å². The van der Waals surface area contributed by atoms with Crippen LogP contribution in [0.4, 0.5) is 0 Å². The van der Waals surface area contributed by atoms with Crippen LogP contribution in [0.25, 0.3) is 0 Å². The first-order chi connectivity index (χ1) is 10.1. The highest BCUT2D eigenvalue weighted by Gasteiger charge is 2.14. The molecule has 0 saturated carbocycles. The second-order valence-electron chi connectivity index (χ2n) is 5.49. The number of halogens is 1. The number of aryl methyl sites for hydroxylation is 2. The fraction of sp³-hybridized carbons (Fsp3) is 0.389. The Bertz CT molecular complexity index is 575. The lowest BCUT2D eigenvalue weighted by Gasteiger charge is -2.20. The molecule has 112 valence electrons. The number of hydrogen-bond acceptors (Lipinski definition) is 2. The Hall–Kier alpha value is -1.38. The van der Waals surface area contributed by atoms with Crippen molar-refractivity contribution in [1.82, 2.24) is 10.3 Å². The van der Waals surface area contributed by atoms with E-state index < -0.39 is 0 Å². The minimum atomic E-state index is 0.269. The Balaban J connectivity index is 2.27. The molecule has 0 bridgehead atoms. The van der Waals surface area contributed by atoms with Crippen molar-refractivity contribution >= 4 is 11.6 Å². The molecule has 0 saturated heterocycles. The fourth-order valence-electron chi connectivity index (χ4n) is 2.58. The van der Waals surface area contributed by atoms with Crippen molar-refractivity contribution in [2.24, 2.45) is 0 Å². The largest absolute Gasteiger partial charge is 0.310 e. The van der Waals surface area contributed by atoms with Crippen molar-refractivity contribution in [3.8, 4) is 0 Å². The van der Waals surface area contributed by atoms with E-state index in [1.165, 1.54) is 11.1 Å². The third-order valence-corrected chi connectivity index (χ3v) is 3.90. The average molecular weight is 303 g/mol. The van der Waals surface area contributed by atoms with Crippen LogP contribution in [0.3, 0.4) is 0 Å². The summed E-state index contributed by atoms with van der Waals surface area (Å²) in [6.07, 6.45) is 2.00. The lowest BCUT2D eigenvalue weighted by Crippen LogP contribution is -2.24. The number of benzene rings is 1. The summed E-state index contributed by atoms with van der Waals surface area (Å²) in [5.74, 6) is 0. The van der Waals surface area contributed by atoms with Crippen LogP contribution in [0.5, 0.6) is 0 Å². The average Bonchev–Trinajstić information content (AvgIpc) is 2.44. The highest BCUT2D eigenvalue weighted by molar-refractivity contribution is 6.31. The number of nitrogens with one attached hydrogen (secondary N) is 1. The molecule has 0 fully saturated rings. The summed E-state index contributed by atoms with van der Waals surface area (Å²) < 4.78 is 0. The Labute approximate surface area is 132 Å². The molecule has 1 unspecified atom stereocenters. The van der Waals surface area contributed by atoms with Gasteiger partial charge in [0.2, 0.25) is 0 Å². The Kier molecular flexibility index (Phi) is 5.77. The predicted molar refractivity (Wildman–Crippen MR) is 89.9 cm³/mol. The maximum atomic E-state index is 6.31. The van der Waals surface area contributed by atoms with Crippen molar-refractivity contribution in [2.45, 2.75) is 39.7 Å². The van der Waals surface area contributed by atoms with Gasteiger partial charge < -0.3 is 5.32 Å². The van der Waals surface area contributed by atoms with Crippen molar-refractivity contribution in [3.05, 3.63) is 63.9 Å². The number of nitrogens with zero attached hydrogens (tertiary/aromatic N) is 1. The summed E-state index contributed by atoms with van der Waals surface area (Å²) in [6.45, 7) is 7.27. The molecule has 3 heteroatoms. The van der Waals surface area contributed by atoms with Crippen LogP contribution >= 0.6 is 11.6 Å². The molecular formula is C18H23ClN2. The van der Waals surface area contributed by atoms with Crippen LogP contribution in [-0.2, 0) is 6.42 Å². The summed E-state index contributed by atoms with van der Waals surface area (Å²) in [5.41, 5.74) is 4.59. The van der Waals surface area contributed by atoms with E-state index in [0.29, 0.717) is 0 Å². The van der Waals surface area contributed by atoms with Crippen LogP contribution in [0.2, 0.25) is 5.02 Å². The highest BCUT2D eigenvalue weighted by atomic mass is 35.5. The summed E-state index contributed by atoms with van der Waals surface area (Å²) in [4.78, 5) is 4.47. The summed E-state index contributed by atoms with van der Waals surface area (Å²) in [5, 5.41) is 4.47. The normalized spacial score (nSPS) is 12.4. The minimum absolute atomic E-state index is 0.269. The van der Waals surface area contributed by atoms with Crippen LogP contribution in [0.1, 0.15) is 41.9 Å². The van der Waals surface area contributed by atoms with E-state index in [1.807, 2.05) is 32.0 Å². The van der Waals surface area contributed by atoms with Crippen LogP contribution in [-0.4, -0.2) is 11.5 Å². The molecule has 0 aliphatic heterocycles. The number of hydrogen-bond donors (Lipinski definition) is 1. The lowest BCUT2D eigenvalue weighted by molar-refractivity contribution is 0.528. The van der Waals surface area contributed by atoms with E-state index in [1.54, 1.807) is 0 Å². The summed E-state index contributed by atoms with van der Waals surface area (Å²) in [6, 6.07) is 12.7. The number of aromatic nitrogens is 1. The Morgan fingerprint density at radius 2 is 1.81 bits per heavy atom. The van der Waals surface area contributed by atoms with Gasteiger partial charge in [-0.2, -0.15) is 0 Å². The first kappa shape index (κ1) is 16.0. The quantitative estimate of drug-likeness (QED) is 0.841. The van der Waals surface area contributed by atoms with Crippen molar-refractivity contribution in [2.75, 3.05) is 6.54 Å². The molecule has 2 nitrogen and oxygen atoms in total. The van der Waals surface area contributed by atoms with Gasteiger partial charge in [0.1, 0.15) is 0 Å². The third kappa shape index (κ3) is 4.55. The van der Waals surface area contributed by atoms with Crippen LogP contribution in [0, 0.1) is 13.8 Å². The van der Waals surface area contributed by atoms with Gasteiger partial charge in [0.25, 0.3) is 0 Å². The minimum Gasteiger partial charge on any atom is -0.310 e. The first-order valence-corrected chi connectivity index (χ1v) is 7.90. The molecular weight excluding hydrogens is 280 g/mol. The lowest BCUT2D eigenvalue weighted by atomic mass is 9.98. The molecule has 0 radical (unpaired) electrons. The monoisotopic (exact) mass is 302 g/mol. The molecule has 1 heterocycles. The molecule has 0 aliphatic rings. The third-order valence-electron chi connectivity index (χ3n) is 3.53. The van der Waals surface area contributed by atoms with E-state index in [2.05, 4.69) is 35.4 Å². The second-order valence-corrected chi connectivity index (χ2v) is 5.89. The summed E-state index contributed by atoms with van der Waals surface area (Å²) in [7, 11) is 0. The zero-order valence-electron chi connectivity index (χ0n) is 13.0. The van der Waals surface area contributed by atoms with E-state index in [4.69, 9.17) is 11.6 Å². The van der Waals surface area contributed by atoms with E-state index in [9.17, 15) is 0 Å². The predicted octanol–water partition coefficient (Wildman–Crippen LogP) is 4.64. The van der Waals surface area contributed by atoms with Crippen molar-refractivity contribution in [3.63, 3.8) is 0 Å². The fourth-order valence-corrected chi connectivity index (χ4v) is 2.79. The zero-order chi connectivity index (χ0) is 15.2. The molecule has 0 aliphatic carbocycles. The van der Waals surface area contributed by atoms with Crippen LogP contribution in [0.15, 0.2) is 36.4 Å². The number of rotatable bonds is 6. The summed E-state index contributed by atoms with van der Waals surface area (Å²) >= 11 is 6.31. The van der Waals surface area contributed by atoms with E-state index in [-0.39, 0.29) is 6.04 Å². The molecule has 1 N–H and O–H groups in total. The molecule has 0 spiro atoms. The zero-order valence-corrected chi connectivity index (χ0v) is 13.7. The molecule has 1 aromatic heterocycles. The smallest absolute Gasteiger partial charge is 0.0438 e. The van der Waals surface area contributed by atoms with Gasteiger partial charge in [-0.25, -0.2) is 0 Å². The molecule has 1 atom stereocenters. The Morgan fingerprint density at radius 3 is 2.43 bits per heavy atom. The van der Waals surface area contributed by atoms with E-state index >= 15 is 0 Å². The van der Waals surface area contributed by atoms with Gasteiger partial charge in [0.15, 0.2) is 0 Å². The SMILES string of the molecule is CCCNC(Cc1ccccc1Cl)c1cc(C)nc(C)c1. The maximum Gasteiger partial charge on any atom is 0.0438 e. The molecule has 2 rings (SSSR count). The van der Waals surface area contributed by atoms with Crippen molar-refractivity contribution in [1.29, 1.82) is 0 Å². The van der Waals surface area contributed by atoms with Gasteiger partial charge in [-0.05, 0) is 62.6 Å². The Morgan fingerprint density at radius 1 is 1.14 bits per heavy atom. The van der Waals surface area contributed by atoms with Crippen molar-refractivity contribution < 1.29 is 0 Å². The topological polar surface area (TPSA) is 24.9 Å². The molecule has 0 amide bonds.